The first kappa shape index (κ1) is 17.1. The van der Waals surface area contributed by atoms with E-state index >= 15 is 0 Å². The van der Waals surface area contributed by atoms with Crippen LogP contribution in [0.3, 0.4) is 0 Å². The largest absolute Gasteiger partial charge is 0.504 e. The van der Waals surface area contributed by atoms with Crippen LogP contribution in [0.5, 0.6) is 17.2 Å². The van der Waals surface area contributed by atoms with E-state index in [0.29, 0.717) is 17.1 Å². The molecule has 0 radical (unpaired) electrons. The second-order valence-corrected chi connectivity index (χ2v) is 4.79. The van der Waals surface area contributed by atoms with Crippen molar-refractivity contribution in [2.24, 2.45) is 10.7 Å². The summed E-state index contributed by atoms with van der Waals surface area (Å²) in [6.07, 6.45) is -0.821. The molecular formula is C17H18N2O5. The van der Waals surface area contributed by atoms with E-state index in [0.717, 1.165) is 5.56 Å². The van der Waals surface area contributed by atoms with Crippen LogP contribution < -0.4 is 15.2 Å². The van der Waals surface area contributed by atoms with Crippen LogP contribution in [0.1, 0.15) is 11.1 Å². The number of hydrogen-bond donors (Lipinski definition) is 2. The van der Waals surface area contributed by atoms with E-state index in [-0.39, 0.29) is 18.2 Å². The molecule has 2 aromatic rings. The highest BCUT2D eigenvalue weighted by Gasteiger charge is 2.08. The van der Waals surface area contributed by atoms with Gasteiger partial charge in [0.2, 0.25) is 0 Å². The average Bonchev–Trinajstić information content (AvgIpc) is 2.60. The molecule has 3 N–H and O–H groups in total. The number of methoxy groups -OCH3 is 2. The highest BCUT2D eigenvalue weighted by Crippen LogP contribution is 2.26. The number of benzene rings is 2. The molecule has 0 saturated carbocycles. The Labute approximate surface area is 139 Å². The Morgan fingerprint density at radius 3 is 2.42 bits per heavy atom. The molecule has 0 heterocycles. The van der Waals surface area contributed by atoms with Gasteiger partial charge in [-0.05, 0) is 35.9 Å². The molecule has 2 aromatic carbocycles. The number of phenolic OH excluding ortho intramolecular Hbond substituents is 1. The minimum Gasteiger partial charge on any atom is -0.504 e. The van der Waals surface area contributed by atoms with Gasteiger partial charge in [-0.25, -0.2) is 4.79 Å². The minimum absolute atomic E-state index is 0.0623. The molecule has 24 heavy (non-hydrogen) atoms. The van der Waals surface area contributed by atoms with Crippen molar-refractivity contribution >= 4 is 11.9 Å². The van der Waals surface area contributed by atoms with Gasteiger partial charge in [-0.15, -0.1) is 0 Å². The predicted molar refractivity (Wildman–Crippen MR) is 88.6 cm³/mol. The predicted octanol–water partition coefficient (Wildman–Crippen LogP) is 2.45. The molecule has 0 saturated heterocycles. The van der Waals surface area contributed by atoms with Crippen molar-refractivity contribution < 1.29 is 24.1 Å². The van der Waals surface area contributed by atoms with Gasteiger partial charge in [-0.3, -0.25) is 0 Å². The second-order valence-electron chi connectivity index (χ2n) is 4.79. The van der Waals surface area contributed by atoms with Gasteiger partial charge in [-0.1, -0.05) is 12.1 Å². The van der Waals surface area contributed by atoms with Gasteiger partial charge in [0.05, 0.1) is 14.2 Å². The lowest BCUT2D eigenvalue weighted by Crippen LogP contribution is -2.16. The monoisotopic (exact) mass is 330 g/mol. The van der Waals surface area contributed by atoms with Crippen LogP contribution in [0.15, 0.2) is 47.5 Å². The molecule has 126 valence electrons. The minimum atomic E-state index is -0.821. The Morgan fingerprint density at radius 1 is 1.12 bits per heavy atom. The number of rotatable bonds is 5. The number of nitrogens with two attached hydrogens (primary N) is 1. The molecule has 7 heteroatoms. The van der Waals surface area contributed by atoms with Crippen molar-refractivity contribution in [2.45, 2.75) is 6.61 Å². The van der Waals surface area contributed by atoms with Gasteiger partial charge in [-0.2, -0.15) is 4.99 Å². The fraction of sp³-hybridized carbons (Fsp3) is 0.176. The van der Waals surface area contributed by atoms with Gasteiger partial charge in [0.25, 0.3) is 0 Å². The van der Waals surface area contributed by atoms with E-state index in [2.05, 4.69) is 4.99 Å². The summed E-state index contributed by atoms with van der Waals surface area (Å²) >= 11 is 0. The van der Waals surface area contributed by atoms with Crippen molar-refractivity contribution in [3.05, 3.63) is 53.6 Å². The third kappa shape index (κ3) is 4.39. The summed E-state index contributed by atoms with van der Waals surface area (Å²) in [6.45, 7) is 0.0630. The molecule has 7 nitrogen and oxygen atoms in total. The van der Waals surface area contributed by atoms with Gasteiger partial charge in [0, 0.05) is 5.56 Å². The molecule has 0 bridgehead atoms. The fourth-order valence-electron chi connectivity index (χ4n) is 1.91. The molecule has 0 aromatic heterocycles. The molecule has 1 amide bonds. The Bertz CT molecular complexity index is 741. The SMILES string of the molecule is COc1ccc(COC(=O)N=C(N)c2ccc(OC)c(O)c2)cc1. The van der Waals surface area contributed by atoms with Crippen LogP contribution in [-0.2, 0) is 11.3 Å². The summed E-state index contributed by atoms with van der Waals surface area (Å²) in [7, 11) is 3.01. The van der Waals surface area contributed by atoms with Gasteiger partial charge in [0.15, 0.2) is 11.5 Å². The quantitative estimate of drug-likeness (QED) is 0.645. The molecular weight excluding hydrogens is 312 g/mol. The average molecular weight is 330 g/mol. The molecule has 0 unspecified atom stereocenters. The van der Waals surface area contributed by atoms with E-state index < -0.39 is 6.09 Å². The van der Waals surface area contributed by atoms with Crippen LogP contribution in [0.2, 0.25) is 0 Å². The van der Waals surface area contributed by atoms with E-state index in [4.69, 9.17) is 19.9 Å². The third-order valence-electron chi connectivity index (χ3n) is 3.21. The zero-order valence-corrected chi connectivity index (χ0v) is 13.4. The standard InChI is InChI=1S/C17H18N2O5/c1-22-13-6-3-11(4-7-13)10-24-17(21)19-16(18)12-5-8-15(23-2)14(20)9-12/h3-9,20H,10H2,1-2H3,(H2,18,19,21). The van der Waals surface area contributed by atoms with Crippen LogP contribution in [0.4, 0.5) is 4.79 Å². The smallest absolute Gasteiger partial charge is 0.435 e. The third-order valence-corrected chi connectivity index (χ3v) is 3.21. The van der Waals surface area contributed by atoms with Gasteiger partial charge in [0.1, 0.15) is 18.2 Å². The number of hydrogen-bond acceptors (Lipinski definition) is 5. The summed E-state index contributed by atoms with van der Waals surface area (Å²) < 4.78 is 15.0. The number of amidine groups is 1. The van der Waals surface area contributed by atoms with Crippen LogP contribution in [0, 0.1) is 0 Å². The second kappa shape index (κ2) is 7.87. The molecule has 0 spiro atoms. The summed E-state index contributed by atoms with van der Waals surface area (Å²) in [5.41, 5.74) is 6.92. The topological polar surface area (TPSA) is 103 Å². The number of phenols is 1. The zero-order valence-electron chi connectivity index (χ0n) is 13.4. The van der Waals surface area contributed by atoms with E-state index in [1.165, 1.54) is 19.2 Å². The normalized spacial score (nSPS) is 11.0. The number of ether oxygens (including phenoxy) is 3. The van der Waals surface area contributed by atoms with Crippen molar-refractivity contribution in [2.75, 3.05) is 14.2 Å². The number of aromatic hydroxyl groups is 1. The highest BCUT2D eigenvalue weighted by molar-refractivity contribution is 6.03. The van der Waals surface area contributed by atoms with Gasteiger partial charge < -0.3 is 25.1 Å². The molecule has 0 atom stereocenters. The number of aliphatic imine (C=N–C) groups is 1. The van der Waals surface area contributed by atoms with Crippen molar-refractivity contribution in [1.82, 2.24) is 0 Å². The van der Waals surface area contributed by atoms with Crippen molar-refractivity contribution in [3.63, 3.8) is 0 Å². The Hall–Kier alpha value is -3.22. The Kier molecular flexibility index (Phi) is 5.62. The molecule has 0 aliphatic rings. The molecule has 0 aliphatic carbocycles. The lowest BCUT2D eigenvalue weighted by atomic mass is 10.2. The first-order valence-electron chi connectivity index (χ1n) is 7.04. The van der Waals surface area contributed by atoms with Crippen LogP contribution in [0.25, 0.3) is 0 Å². The van der Waals surface area contributed by atoms with Crippen LogP contribution >= 0.6 is 0 Å². The summed E-state index contributed by atoms with van der Waals surface area (Å²) in [5, 5.41) is 9.71. The first-order chi connectivity index (χ1) is 11.5. The zero-order chi connectivity index (χ0) is 17.5. The lowest BCUT2D eigenvalue weighted by molar-refractivity contribution is 0.151. The van der Waals surface area contributed by atoms with Gasteiger partial charge >= 0.3 is 6.09 Å². The maximum absolute atomic E-state index is 11.7. The molecule has 0 fully saturated rings. The molecule has 2 rings (SSSR count). The first-order valence-corrected chi connectivity index (χ1v) is 7.04. The maximum atomic E-state index is 11.7. The molecule has 0 aliphatic heterocycles. The Morgan fingerprint density at radius 2 is 1.83 bits per heavy atom. The fourth-order valence-corrected chi connectivity index (χ4v) is 1.91. The summed E-state index contributed by atoms with van der Waals surface area (Å²) in [5.74, 6) is 0.854. The maximum Gasteiger partial charge on any atom is 0.435 e. The van der Waals surface area contributed by atoms with Crippen molar-refractivity contribution in [3.8, 4) is 17.2 Å². The number of nitrogens with zero attached hydrogens (tertiary/aromatic N) is 1. The summed E-state index contributed by atoms with van der Waals surface area (Å²) in [6, 6.07) is 11.5. The number of amides is 1. The Balaban J connectivity index is 1.98. The lowest BCUT2D eigenvalue weighted by Gasteiger charge is -2.06. The highest BCUT2D eigenvalue weighted by atomic mass is 16.5. The summed E-state index contributed by atoms with van der Waals surface area (Å²) in [4.78, 5) is 15.4. The van der Waals surface area contributed by atoms with E-state index in [1.807, 2.05) is 0 Å². The van der Waals surface area contributed by atoms with E-state index in [1.54, 1.807) is 37.4 Å². The van der Waals surface area contributed by atoms with Crippen molar-refractivity contribution in [1.29, 1.82) is 0 Å². The number of carbonyl (C=O) groups excluding carboxylic acids is 1. The van der Waals surface area contributed by atoms with Crippen LogP contribution in [-0.4, -0.2) is 31.3 Å². The number of carbonyl (C=O) groups is 1. The van der Waals surface area contributed by atoms with E-state index in [9.17, 15) is 9.90 Å².